The van der Waals surface area contributed by atoms with Crippen molar-refractivity contribution < 1.29 is 9.53 Å². The Bertz CT molecular complexity index is 209. The SMILES string of the molecule is CCCCCCN(CCC)C(=O)OC(C)(C)C. The van der Waals surface area contributed by atoms with E-state index in [4.69, 9.17) is 4.74 Å². The van der Waals surface area contributed by atoms with Gasteiger partial charge in [0, 0.05) is 13.1 Å². The molecule has 0 spiro atoms. The molecule has 0 aromatic heterocycles. The first-order valence-electron chi connectivity index (χ1n) is 6.88. The van der Waals surface area contributed by atoms with E-state index in [1.165, 1.54) is 19.3 Å². The van der Waals surface area contributed by atoms with E-state index in [1.54, 1.807) is 0 Å². The molecule has 0 fully saturated rings. The molecule has 0 rings (SSSR count). The van der Waals surface area contributed by atoms with Gasteiger partial charge in [-0.2, -0.15) is 0 Å². The van der Waals surface area contributed by atoms with Crippen LogP contribution in [0.25, 0.3) is 0 Å². The van der Waals surface area contributed by atoms with Crippen molar-refractivity contribution in [1.29, 1.82) is 0 Å². The Morgan fingerprint density at radius 1 is 1.00 bits per heavy atom. The summed E-state index contributed by atoms with van der Waals surface area (Å²) in [5.41, 5.74) is -0.396. The van der Waals surface area contributed by atoms with E-state index in [9.17, 15) is 4.79 Å². The van der Waals surface area contributed by atoms with Crippen molar-refractivity contribution >= 4 is 6.09 Å². The van der Waals surface area contributed by atoms with Gasteiger partial charge in [0.15, 0.2) is 0 Å². The van der Waals surface area contributed by atoms with E-state index in [2.05, 4.69) is 13.8 Å². The first-order chi connectivity index (χ1) is 7.90. The molecule has 0 aliphatic rings. The van der Waals surface area contributed by atoms with Crippen molar-refractivity contribution in [2.24, 2.45) is 0 Å². The standard InChI is InChI=1S/C14H29NO2/c1-6-8-9-10-12-15(11-7-2)13(16)17-14(3,4)5/h6-12H2,1-5H3. The summed E-state index contributed by atoms with van der Waals surface area (Å²) in [6.45, 7) is 11.6. The van der Waals surface area contributed by atoms with Crippen LogP contribution in [-0.4, -0.2) is 29.7 Å². The molecule has 102 valence electrons. The van der Waals surface area contributed by atoms with Crippen LogP contribution in [0, 0.1) is 0 Å². The molecule has 0 aliphatic heterocycles. The summed E-state index contributed by atoms with van der Waals surface area (Å²) in [5.74, 6) is 0. The lowest BCUT2D eigenvalue weighted by Gasteiger charge is -2.27. The molecular formula is C14H29NO2. The Morgan fingerprint density at radius 2 is 1.65 bits per heavy atom. The third-order valence-electron chi connectivity index (χ3n) is 2.43. The number of carbonyl (C=O) groups is 1. The topological polar surface area (TPSA) is 29.5 Å². The van der Waals surface area contributed by atoms with Crippen molar-refractivity contribution in [3.63, 3.8) is 0 Å². The zero-order chi connectivity index (χ0) is 13.3. The predicted octanol–water partition coefficient (Wildman–Crippen LogP) is 4.21. The average Bonchev–Trinajstić information content (AvgIpc) is 2.20. The highest BCUT2D eigenvalue weighted by atomic mass is 16.6. The molecule has 3 heteroatoms. The second kappa shape index (κ2) is 8.37. The highest BCUT2D eigenvalue weighted by Crippen LogP contribution is 2.11. The van der Waals surface area contributed by atoms with Gasteiger partial charge in [0.05, 0.1) is 0 Å². The van der Waals surface area contributed by atoms with Gasteiger partial charge >= 0.3 is 6.09 Å². The fourth-order valence-corrected chi connectivity index (χ4v) is 1.62. The summed E-state index contributed by atoms with van der Waals surface area (Å²) < 4.78 is 5.40. The molecule has 0 heterocycles. The zero-order valence-corrected chi connectivity index (χ0v) is 12.2. The molecular weight excluding hydrogens is 214 g/mol. The first kappa shape index (κ1) is 16.3. The van der Waals surface area contributed by atoms with Crippen LogP contribution in [0.5, 0.6) is 0 Å². The van der Waals surface area contributed by atoms with Crippen molar-refractivity contribution in [3.05, 3.63) is 0 Å². The lowest BCUT2D eigenvalue weighted by atomic mass is 10.2. The van der Waals surface area contributed by atoms with Crippen molar-refractivity contribution in [1.82, 2.24) is 4.90 Å². The molecule has 0 atom stereocenters. The van der Waals surface area contributed by atoms with Crippen LogP contribution >= 0.6 is 0 Å². The molecule has 3 nitrogen and oxygen atoms in total. The Hall–Kier alpha value is -0.730. The van der Waals surface area contributed by atoms with E-state index < -0.39 is 5.60 Å². The Morgan fingerprint density at radius 3 is 2.12 bits per heavy atom. The predicted molar refractivity (Wildman–Crippen MR) is 72.2 cm³/mol. The van der Waals surface area contributed by atoms with Gasteiger partial charge in [-0.15, -0.1) is 0 Å². The normalized spacial score (nSPS) is 11.4. The maximum absolute atomic E-state index is 11.9. The lowest BCUT2D eigenvalue weighted by molar-refractivity contribution is 0.0247. The minimum absolute atomic E-state index is 0.171. The second-order valence-corrected chi connectivity index (χ2v) is 5.53. The van der Waals surface area contributed by atoms with Crippen LogP contribution in [0.3, 0.4) is 0 Å². The minimum atomic E-state index is -0.396. The summed E-state index contributed by atoms with van der Waals surface area (Å²) in [7, 11) is 0. The molecule has 0 aliphatic carbocycles. The quantitative estimate of drug-likeness (QED) is 0.627. The van der Waals surface area contributed by atoms with E-state index in [0.717, 1.165) is 25.9 Å². The van der Waals surface area contributed by atoms with Gasteiger partial charge in [-0.3, -0.25) is 0 Å². The van der Waals surface area contributed by atoms with Gasteiger partial charge in [0.2, 0.25) is 0 Å². The number of unbranched alkanes of at least 4 members (excludes halogenated alkanes) is 3. The molecule has 0 saturated carbocycles. The molecule has 0 radical (unpaired) electrons. The second-order valence-electron chi connectivity index (χ2n) is 5.53. The van der Waals surface area contributed by atoms with Crippen LogP contribution < -0.4 is 0 Å². The molecule has 0 unspecified atom stereocenters. The number of hydrogen-bond donors (Lipinski definition) is 0. The van der Waals surface area contributed by atoms with Crippen molar-refractivity contribution in [2.75, 3.05) is 13.1 Å². The van der Waals surface area contributed by atoms with E-state index in [1.807, 2.05) is 25.7 Å². The summed E-state index contributed by atoms with van der Waals surface area (Å²) >= 11 is 0. The number of carbonyl (C=O) groups excluding carboxylic acids is 1. The Balaban J connectivity index is 4.07. The Kier molecular flexibility index (Phi) is 8.01. The number of hydrogen-bond acceptors (Lipinski definition) is 2. The number of rotatable bonds is 7. The number of ether oxygens (including phenoxy) is 1. The summed E-state index contributed by atoms with van der Waals surface area (Å²) in [6.07, 6.45) is 5.55. The maximum Gasteiger partial charge on any atom is 0.410 e. The van der Waals surface area contributed by atoms with Crippen molar-refractivity contribution in [2.45, 2.75) is 72.3 Å². The monoisotopic (exact) mass is 243 g/mol. The lowest BCUT2D eigenvalue weighted by Crippen LogP contribution is -2.37. The molecule has 0 aromatic rings. The number of amides is 1. The van der Waals surface area contributed by atoms with Gasteiger partial charge in [0.25, 0.3) is 0 Å². The van der Waals surface area contributed by atoms with Gasteiger partial charge < -0.3 is 9.64 Å². The summed E-state index contributed by atoms with van der Waals surface area (Å²) in [5, 5.41) is 0. The Labute approximate surface area is 107 Å². The highest BCUT2D eigenvalue weighted by Gasteiger charge is 2.20. The van der Waals surface area contributed by atoms with E-state index >= 15 is 0 Å². The summed E-state index contributed by atoms with van der Waals surface area (Å²) in [4.78, 5) is 13.8. The fraction of sp³-hybridized carbons (Fsp3) is 0.929. The highest BCUT2D eigenvalue weighted by molar-refractivity contribution is 5.68. The zero-order valence-electron chi connectivity index (χ0n) is 12.2. The smallest absolute Gasteiger partial charge is 0.410 e. The molecule has 0 aromatic carbocycles. The van der Waals surface area contributed by atoms with Crippen LogP contribution in [0.1, 0.15) is 66.7 Å². The molecule has 0 N–H and O–H groups in total. The largest absolute Gasteiger partial charge is 0.444 e. The van der Waals surface area contributed by atoms with Crippen LogP contribution in [0.4, 0.5) is 4.79 Å². The minimum Gasteiger partial charge on any atom is -0.444 e. The third kappa shape index (κ3) is 9.02. The average molecular weight is 243 g/mol. The van der Waals surface area contributed by atoms with Gasteiger partial charge in [-0.25, -0.2) is 4.79 Å². The fourth-order valence-electron chi connectivity index (χ4n) is 1.62. The van der Waals surface area contributed by atoms with Gasteiger partial charge in [0.1, 0.15) is 5.60 Å². The maximum atomic E-state index is 11.9. The van der Waals surface area contributed by atoms with Crippen molar-refractivity contribution in [3.8, 4) is 0 Å². The molecule has 1 amide bonds. The van der Waals surface area contributed by atoms with Gasteiger partial charge in [-0.1, -0.05) is 33.1 Å². The van der Waals surface area contributed by atoms with E-state index in [0.29, 0.717) is 0 Å². The molecule has 17 heavy (non-hydrogen) atoms. The third-order valence-corrected chi connectivity index (χ3v) is 2.43. The number of nitrogens with zero attached hydrogens (tertiary/aromatic N) is 1. The van der Waals surface area contributed by atoms with Crippen LogP contribution in [-0.2, 0) is 4.74 Å². The summed E-state index contributed by atoms with van der Waals surface area (Å²) in [6, 6.07) is 0. The first-order valence-corrected chi connectivity index (χ1v) is 6.88. The molecule has 0 bridgehead atoms. The van der Waals surface area contributed by atoms with Crippen LogP contribution in [0.15, 0.2) is 0 Å². The van der Waals surface area contributed by atoms with Crippen LogP contribution in [0.2, 0.25) is 0 Å². The molecule has 0 saturated heterocycles. The van der Waals surface area contributed by atoms with Gasteiger partial charge in [-0.05, 0) is 33.6 Å². The van der Waals surface area contributed by atoms with E-state index in [-0.39, 0.29) is 6.09 Å².